The van der Waals surface area contributed by atoms with Gasteiger partial charge < -0.3 is 10.6 Å². The van der Waals surface area contributed by atoms with E-state index in [9.17, 15) is 0 Å². The predicted octanol–water partition coefficient (Wildman–Crippen LogP) is 2.49. The molecular formula is C16H31N5. The third kappa shape index (κ3) is 7.16. The second-order valence-corrected chi connectivity index (χ2v) is 5.87. The van der Waals surface area contributed by atoms with Gasteiger partial charge in [-0.15, -0.1) is 0 Å². The predicted molar refractivity (Wildman–Crippen MR) is 89.8 cm³/mol. The Hall–Kier alpha value is -1.52. The first-order valence-electron chi connectivity index (χ1n) is 8.06. The van der Waals surface area contributed by atoms with Crippen LogP contribution in [0.3, 0.4) is 0 Å². The van der Waals surface area contributed by atoms with Gasteiger partial charge in [0.25, 0.3) is 0 Å². The SMILES string of the molecule is CCNC(=NCCCn1nc(C)cc1C)NCCC(C)C. The topological polar surface area (TPSA) is 54.2 Å². The van der Waals surface area contributed by atoms with Crippen molar-refractivity contribution in [3.05, 3.63) is 17.5 Å². The van der Waals surface area contributed by atoms with Crippen LogP contribution in [0.5, 0.6) is 0 Å². The summed E-state index contributed by atoms with van der Waals surface area (Å²) in [5.41, 5.74) is 2.30. The molecule has 0 radical (unpaired) electrons. The van der Waals surface area contributed by atoms with Crippen LogP contribution in [0.2, 0.25) is 0 Å². The minimum absolute atomic E-state index is 0.714. The van der Waals surface area contributed by atoms with Gasteiger partial charge in [-0.25, -0.2) is 0 Å². The lowest BCUT2D eigenvalue weighted by molar-refractivity contribution is 0.562. The van der Waals surface area contributed by atoms with E-state index in [4.69, 9.17) is 0 Å². The van der Waals surface area contributed by atoms with E-state index in [2.05, 4.69) is 59.2 Å². The molecule has 0 spiro atoms. The van der Waals surface area contributed by atoms with Crippen LogP contribution < -0.4 is 10.6 Å². The number of aliphatic imine (C=N–C) groups is 1. The average molecular weight is 293 g/mol. The van der Waals surface area contributed by atoms with Crippen molar-refractivity contribution in [1.29, 1.82) is 0 Å². The molecule has 0 unspecified atom stereocenters. The molecule has 0 saturated heterocycles. The molecule has 0 aliphatic heterocycles. The first-order chi connectivity index (χ1) is 10.0. The van der Waals surface area contributed by atoms with Crippen molar-refractivity contribution in [1.82, 2.24) is 20.4 Å². The molecular weight excluding hydrogens is 262 g/mol. The van der Waals surface area contributed by atoms with Crippen LogP contribution in [-0.2, 0) is 6.54 Å². The molecule has 21 heavy (non-hydrogen) atoms. The van der Waals surface area contributed by atoms with Crippen LogP contribution in [0.25, 0.3) is 0 Å². The van der Waals surface area contributed by atoms with Gasteiger partial charge in [-0.05, 0) is 45.6 Å². The quantitative estimate of drug-likeness (QED) is 0.440. The molecule has 2 N–H and O–H groups in total. The first-order valence-corrected chi connectivity index (χ1v) is 8.06. The van der Waals surface area contributed by atoms with Crippen LogP contribution >= 0.6 is 0 Å². The van der Waals surface area contributed by atoms with E-state index in [1.165, 1.54) is 5.69 Å². The normalized spacial score (nSPS) is 12.0. The zero-order valence-corrected chi connectivity index (χ0v) is 14.2. The van der Waals surface area contributed by atoms with Crippen molar-refractivity contribution in [2.24, 2.45) is 10.9 Å². The second-order valence-electron chi connectivity index (χ2n) is 5.87. The lowest BCUT2D eigenvalue weighted by Gasteiger charge is -2.12. The number of rotatable bonds is 8. The smallest absolute Gasteiger partial charge is 0.191 e. The van der Waals surface area contributed by atoms with E-state index in [1.807, 2.05) is 6.92 Å². The van der Waals surface area contributed by atoms with Crippen LogP contribution in [0.4, 0.5) is 0 Å². The summed E-state index contributed by atoms with van der Waals surface area (Å²) in [7, 11) is 0. The number of guanidine groups is 1. The first kappa shape index (κ1) is 17.5. The molecule has 5 heteroatoms. The summed E-state index contributed by atoms with van der Waals surface area (Å²) in [6, 6.07) is 2.11. The molecule has 0 aromatic carbocycles. The summed E-state index contributed by atoms with van der Waals surface area (Å²) in [5, 5.41) is 11.1. The maximum atomic E-state index is 4.62. The Labute approximate surface area is 129 Å². The van der Waals surface area contributed by atoms with Crippen molar-refractivity contribution >= 4 is 5.96 Å². The fourth-order valence-electron chi connectivity index (χ4n) is 2.13. The van der Waals surface area contributed by atoms with Gasteiger partial charge in [-0.3, -0.25) is 9.67 Å². The van der Waals surface area contributed by atoms with Crippen LogP contribution in [0, 0.1) is 19.8 Å². The molecule has 5 nitrogen and oxygen atoms in total. The van der Waals surface area contributed by atoms with Gasteiger partial charge in [-0.2, -0.15) is 5.10 Å². The zero-order valence-electron chi connectivity index (χ0n) is 14.2. The fraction of sp³-hybridized carbons (Fsp3) is 0.750. The largest absolute Gasteiger partial charge is 0.357 e. The molecule has 1 rings (SSSR count). The minimum atomic E-state index is 0.714. The monoisotopic (exact) mass is 293 g/mol. The van der Waals surface area contributed by atoms with E-state index in [1.54, 1.807) is 0 Å². The summed E-state index contributed by atoms with van der Waals surface area (Å²) >= 11 is 0. The van der Waals surface area contributed by atoms with Gasteiger partial charge in [0.2, 0.25) is 0 Å². The number of aryl methyl sites for hydroxylation is 3. The maximum Gasteiger partial charge on any atom is 0.191 e. The van der Waals surface area contributed by atoms with E-state index in [-0.39, 0.29) is 0 Å². The number of aromatic nitrogens is 2. The van der Waals surface area contributed by atoms with E-state index < -0.39 is 0 Å². The highest BCUT2D eigenvalue weighted by atomic mass is 15.3. The molecule has 0 saturated carbocycles. The number of nitrogens with zero attached hydrogens (tertiary/aromatic N) is 3. The van der Waals surface area contributed by atoms with Crippen LogP contribution in [0.15, 0.2) is 11.1 Å². The Morgan fingerprint density at radius 3 is 2.67 bits per heavy atom. The Morgan fingerprint density at radius 2 is 2.10 bits per heavy atom. The molecule has 0 bridgehead atoms. The third-order valence-electron chi connectivity index (χ3n) is 3.26. The van der Waals surface area contributed by atoms with Gasteiger partial charge in [0.05, 0.1) is 5.69 Å². The van der Waals surface area contributed by atoms with Crippen molar-refractivity contribution in [2.75, 3.05) is 19.6 Å². The second kappa shape index (κ2) is 9.42. The summed E-state index contributed by atoms with van der Waals surface area (Å²) in [5.74, 6) is 1.64. The molecule has 0 aliphatic rings. The highest BCUT2D eigenvalue weighted by Crippen LogP contribution is 2.02. The average Bonchev–Trinajstić information content (AvgIpc) is 2.72. The van der Waals surface area contributed by atoms with Crippen molar-refractivity contribution < 1.29 is 0 Å². The van der Waals surface area contributed by atoms with Crippen molar-refractivity contribution in [3.8, 4) is 0 Å². The molecule has 0 amide bonds. The van der Waals surface area contributed by atoms with Crippen LogP contribution in [0.1, 0.15) is 45.0 Å². The maximum absolute atomic E-state index is 4.62. The summed E-state index contributed by atoms with van der Waals surface area (Å²) in [6.45, 7) is 14.3. The van der Waals surface area contributed by atoms with E-state index >= 15 is 0 Å². The minimum Gasteiger partial charge on any atom is -0.357 e. The van der Waals surface area contributed by atoms with Gasteiger partial charge in [-0.1, -0.05) is 13.8 Å². The molecule has 1 aromatic rings. The molecule has 0 atom stereocenters. The molecule has 0 fully saturated rings. The third-order valence-corrected chi connectivity index (χ3v) is 3.26. The molecule has 1 aromatic heterocycles. The summed E-state index contributed by atoms with van der Waals surface area (Å²) in [6.07, 6.45) is 2.17. The van der Waals surface area contributed by atoms with Gasteiger partial charge in [0, 0.05) is 31.9 Å². The van der Waals surface area contributed by atoms with Gasteiger partial charge in [0.15, 0.2) is 5.96 Å². The summed E-state index contributed by atoms with van der Waals surface area (Å²) < 4.78 is 2.06. The highest BCUT2D eigenvalue weighted by Gasteiger charge is 2.01. The Kier molecular flexibility index (Phi) is 7.87. The van der Waals surface area contributed by atoms with Crippen molar-refractivity contribution in [3.63, 3.8) is 0 Å². The number of hydrogen-bond donors (Lipinski definition) is 2. The number of nitrogens with one attached hydrogen (secondary N) is 2. The lowest BCUT2D eigenvalue weighted by Crippen LogP contribution is -2.38. The van der Waals surface area contributed by atoms with Gasteiger partial charge >= 0.3 is 0 Å². The Bertz CT molecular complexity index is 434. The summed E-state index contributed by atoms with van der Waals surface area (Å²) in [4.78, 5) is 4.62. The van der Waals surface area contributed by atoms with Gasteiger partial charge in [0.1, 0.15) is 0 Å². The van der Waals surface area contributed by atoms with Crippen LogP contribution in [-0.4, -0.2) is 35.4 Å². The zero-order chi connectivity index (χ0) is 15.7. The number of hydrogen-bond acceptors (Lipinski definition) is 2. The fourth-order valence-corrected chi connectivity index (χ4v) is 2.13. The lowest BCUT2D eigenvalue weighted by atomic mass is 10.1. The van der Waals surface area contributed by atoms with E-state index in [0.29, 0.717) is 5.92 Å². The molecule has 0 aliphatic carbocycles. The molecule has 1 heterocycles. The Balaban J connectivity index is 2.34. The van der Waals surface area contributed by atoms with Crippen molar-refractivity contribution in [2.45, 2.75) is 54.0 Å². The Morgan fingerprint density at radius 1 is 1.33 bits per heavy atom. The highest BCUT2D eigenvalue weighted by molar-refractivity contribution is 5.79. The van der Waals surface area contributed by atoms with E-state index in [0.717, 1.165) is 50.7 Å². The standard InChI is InChI=1S/C16H31N5/c1-6-17-16(19-10-8-13(2)3)18-9-7-11-21-15(5)12-14(4)20-21/h12-13H,6-11H2,1-5H3,(H2,17,18,19). The molecule has 120 valence electrons.